The zero-order valence-corrected chi connectivity index (χ0v) is 17.2. The molecule has 0 spiro atoms. The number of piperidine rings is 1. The molecule has 1 aliphatic carbocycles. The summed E-state index contributed by atoms with van der Waals surface area (Å²) in [5, 5.41) is 6.58. The van der Waals surface area contributed by atoms with Crippen molar-refractivity contribution in [3.63, 3.8) is 0 Å². The van der Waals surface area contributed by atoms with Gasteiger partial charge in [0.1, 0.15) is 18.0 Å². The molecular weight excluding hydrogens is 362 g/mol. The topological polar surface area (TPSA) is 70.2 Å². The molecule has 1 aromatic heterocycles. The molecule has 2 heterocycles. The number of carbonyl (C=O) groups is 1. The van der Waals surface area contributed by atoms with Gasteiger partial charge >= 0.3 is 0 Å². The molecule has 6 heteroatoms. The van der Waals surface area contributed by atoms with Crippen molar-refractivity contribution in [1.82, 2.24) is 15.3 Å². The number of anilines is 2. The number of amides is 1. The van der Waals surface area contributed by atoms with Crippen molar-refractivity contribution in [2.24, 2.45) is 5.92 Å². The molecule has 2 fully saturated rings. The van der Waals surface area contributed by atoms with Crippen molar-refractivity contribution < 1.29 is 4.79 Å². The predicted molar refractivity (Wildman–Crippen MR) is 116 cm³/mol. The second kappa shape index (κ2) is 9.25. The highest BCUT2D eigenvalue weighted by Gasteiger charge is 2.24. The monoisotopic (exact) mass is 393 g/mol. The number of hydrogen-bond acceptors (Lipinski definition) is 5. The maximum atomic E-state index is 12.4. The first kappa shape index (κ1) is 19.7. The summed E-state index contributed by atoms with van der Waals surface area (Å²) in [6.45, 7) is 4.02. The van der Waals surface area contributed by atoms with Gasteiger partial charge in [0, 0.05) is 31.6 Å². The van der Waals surface area contributed by atoms with Crippen molar-refractivity contribution in [3.05, 3.63) is 48.3 Å². The fraction of sp³-hybridized carbons (Fsp3) is 0.522. The van der Waals surface area contributed by atoms with Gasteiger partial charge < -0.3 is 15.5 Å². The van der Waals surface area contributed by atoms with Crippen molar-refractivity contribution >= 4 is 17.5 Å². The van der Waals surface area contributed by atoms with E-state index in [2.05, 4.69) is 43.7 Å². The maximum absolute atomic E-state index is 12.4. The van der Waals surface area contributed by atoms with E-state index < -0.39 is 0 Å². The Bertz CT molecular complexity index is 808. The molecule has 4 rings (SSSR count). The number of nitrogens with one attached hydrogen (secondary N) is 2. The molecule has 29 heavy (non-hydrogen) atoms. The second-order valence-corrected chi connectivity index (χ2v) is 8.37. The molecule has 2 aromatic rings. The van der Waals surface area contributed by atoms with Gasteiger partial charge in [0.25, 0.3) is 0 Å². The summed E-state index contributed by atoms with van der Waals surface area (Å²) < 4.78 is 0. The molecule has 1 saturated heterocycles. The predicted octanol–water partition coefficient (Wildman–Crippen LogP) is 3.92. The molecule has 1 saturated carbocycles. The highest BCUT2D eigenvalue weighted by atomic mass is 16.1. The molecule has 0 radical (unpaired) electrons. The van der Waals surface area contributed by atoms with Crippen LogP contribution in [0.3, 0.4) is 0 Å². The Morgan fingerprint density at radius 1 is 1.21 bits per heavy atom. The van der Waals surface area contributed by atoms with Gasteiger partial charge in [-0.3, -0.25) is 4.79 Å². The number of rotatable bonds is 8. The molecule has 2 aliphatic rings. The molecular formula is C23H31N5O. The lowest BCUT2D eigenvalue weighted by Crippen LogP contribution is -2.36. The Kier molecular flexibility index (Phi) is 6.27. The van der Waals surface area contributed by atoms with Crippen LogP contribution in [0.4, 0.5) is 11.6 Å². The Labute approximate surface area is 173 Å². The van der Waals surface area contributed by atoms with Crippen LogP contribution in [-0.2, 0) is 4.79 Å². The molecule has 0 bridgehead atoms. The van der Waals surface area contributed by atoms with Crippen LogP contribution in [0.2, 0.25) is 0 Å². The summed E-state index contributed by atoms with van der Waals surface area (Å²) in [5.41, 5.74) is 1.14. The van der Waals surface area contributed by atoms with E-state index in [1.54, 1.807) is 6.33 Å². The van der Waals surface area contributed by atoms with Crippen molar-refractivity contribution in [2.75, 3.05) is 23.3 Å². The van der Waals surface area contributed by atoms with Crippen LogP contribution in [0, 0.1) is 5.92 Å². The Morgan fingerprint density at radius 3 is 2.83 bits per heavy atom. The number of benzene rings is 1. The van der Waals surface area contributed by atoms with E-state index in [0.717, 1.165) is 43.1 Å². The zero-order valence-electron chi connectivity index (χ0n) is 17.2. The molecule has 2 N–H and O–H groups in total. The maximum Gasteiger partial charge on any atom is 0.220 e. The van der Waals surface area contributed by atoms with Gasteiger partial charge in [-0.1, -0.05) is 30.3 Å². The van der Waals surface area contributed by atoms with Crippen molar-refractivity contribution in [1.29, 1.82) is 0 Å². The zero-order chi connectivity index (χ0) is 20.1. The molecule has 0 unspecified atom stereocenters. The quantitative estimate of drug-likeness (QED) is 0.711. The SMILES string of the molecule is C[C@H](NC(=O)CC[C@H]1CCCN(c2cc(NC3CC3)ncn2)C1)c1ccccc1. The van der Waals surface area contributed by atoms with E-state index in [-0.39, 0.29) is 11.9 Å². The summed E-state index contributed by atoms with van der Waals surface area (Å²) in [5.74, 6) is 2.58. The average Bonchev–Trinajstić information content (AvgIpc) is 3.57. The molecule has 1 amide bonds. The largest absolute Gasteiger partial charge is 0.367 e. The first-order chi connectivity index (χ1) is 14.2. The summed E-state index contributed by atoms with van der Waals surface area (Å²) in [4.78, 5) is 23.6. The van der Waals surface area contributed by atoms with Gasteiger partial charge in [0.05, 0.1) is 6.04 Å². The highest BCUT2D eigenvalue weighted by Crippen LogP contribution is 2.28. The smallest absolute Gasteiger partial charge is 0.220 e. The number of aromatic nitrogens is 2. The first-order valence-electron chi connectivity index (χ1n) is 10.9. The Balaban J connectivity index is 1.26. The minimum atomic E-state index is 0.0463. The molecule has 2 atom stereocenters. The van der Waals surface area contributed by atoms with Gasteiger partial charge in [-0.05, 0) is 50.5 Å². The lowest BCUT2D eigenvalue weighted by Gasteiger charge is -2.33. The van der Waals surface area contributed by atoms with E-state index in [1.165, 1.54) is 19.3 Å². The third-order valence-electron chi connectivity index (χ3n) is 5.88. The van der Waals surface area contributed by atoms with Gasteiger partial charge in [0.2, 0.25) is 5.91 Å². The van der Waals surface area contributed by atoms with Crippen LogP contribution >= 0.6 is 0 Å². The standard InChI is InChI=1S/C23H31N5O/c1-17(19-7-3-2-4-8-19)26-23(29)12-9-18-6-5-13-28(15-18)22-14-21(24-16-25-22)27-20-10-11-20/h2-4,7-8,14,16-18,20H,5-6,9-13,15H2,1H3,(H,26,29)(H,24,25,27)/t17-,18+/m0/s1. The lowest BCUT2D eigenvalue weighted by atomic mass is 9.93. The normalized spacial score (nSPS) is 20.2. The van der Waals surface area contributed by atoms with Crippen LogP contribution in [-0.4, -0.2) is 35.0 Å². The number of carbonyl (C=O) groups excluding carboxylic acids is 1. The number of hydrogen-bond donors (Lipinski definition) is 2. The number of nitrogens with zero attached hydrogens (tertiary/aromatic N) is 3. The highest BCUT2D eigenvalue weighted by molar-refractivity contribution is 5.76. The average molecular weight is 394 g/mol. The first-order valence-corrected chi connectivity index (χ1v) is 10.9. The summed E-state index contributed by atoms with van der Waals surface area (Å²) >= 11 is 0. The van der Waals surface area contributed by atoms with Crippen molar-refractivity contribution in [2.45, 2.75) is 57.5 Å². The van der Waals surface area contributed by atoms with E-state index in [0.29, 0.717) is 18.4 Å². The molecule has 1 aromatic carbocycles. The van der Waals surface area contributed by atoms with Gasteiger partial charge in [-0.25, -0.2) is 9.97 Å². The Morgan fingerprint density at radius 2 is 2.03 bits per heavy atom. The van der Waals surface area contributed by atoms with E-state index in [1.807, 2.05) is 25.1 Å². The van der Waals surface area contributed by atoms with Crippen LogP contribution in [0.1, 0.15) is 57.1 Å². The Hall–Kier alpha value is -2.63. The third kappa shape index (κ3) is 5.68. The minimum Gasteiger partial charge on any atom is -0.367 e. The minimum absolute atomic E-state index is 0.0463. The van der Waals surface area contributed by atoms with Gasteiger partial charge in [0.15, 0.2) is 0 Å². The van der Waals surface area contributed by atoms with Crippen LogP contribution in [0.5, 0.6) is 0 Å². The van der Waals surface area contributed by atoms with Crippen LogP contribution in [0.25, 0.3) is 0 Å². The third-order valence-corrected chi connectivity index (χ3v) is 5.88. The van der Waals surface area contributed by atoms with E-state index >= 15 is 0 Å². The fourth-order valence-corrected chi connectivity index (χ4v) is 4.02. The molecule has 154 valence electrons. The second-order valence-electron chi connectivity index (χ2n) is 8.37. The van der Waals surface area contributed by atoms with Gasteiger partial charge in [-0.15, -0.1) is 0 Å². The molecule has 6 nitrogen and oxygen atoms in total. The fourth-order valence-electron chi connectivity index (χ4n) is 4.02. The summed E-state index contributed by atoms with van der Waals surface area (Å²) in [6, 6.07) is 12.8. The summed E-state index contributed by atoms with van der Waals surface area (Å²) in [7, 11) is 0. The molecule has 1 aliphatic heterocycles. The summed E-state index contributed by atoms with van der Waals surface area (Å²) in [6.07, 6.45) is 7.93. The van der Waals surface area contributed by atoms with Crippen molar-refractivity contribution in [3.8, 4) is 0 Å². The van der Waals surface area contributed by atoms with Crippen LogP contribution < -0.4 is 15.5 Å². The van der Waals surface area contributed by atoms with E-state index in [4.69, 9.17) is 0 Å². The lowest BCUT2D eigenvalue weighted by molar-refractivity contribution is -0.122. The van der Waals surface area contributed by atoms with E-state index in [9.17, 15) is 4.79 Å². The van der Waals surface area contributed by atoms with Crippen LogP contribution in [0.15, 0.2) is 42.7 Å². The van der Waals surface area contributed by atoms with Gasteiger partial charge in [-0.2, -0.15) is 0 Å².